The Morgan fingerprint density at radius 2 is 2.12 bits per heavy atom. The van der Waals surface area contributed by atoms with E-state index in [-0.39, 0.29) is 0 Å². The van der Waals surface area contributed by atoms with Crippen LogP contribution in [0, 0.1) is 0 Å². The smallest absolute Gasteiger partial charge is 0.235 e. The number of aldehydes is 1. The molecule has 0 radical (unpaired) electrons. The highest BCUT2D eigenvalue weighted by molar-refractivity contribution is 7.16. The van der Waals surface area contributed by atoms with Crippen LogP contribution in [0.5, 0.6) is 5.88 Å². The number of carbonyl (C=O) groups excluding carboxylic acids is 1. The number of ether oxygens (including phenoxy) is 1. The highest BCUT2D eigenvalue weighted by atomic mass is 32.1. The molecule has 0 unspecified atom stereocenters. The van der Waals surface area contributed by atoms with Crippen molar-refractivity contribution in [1.29, 1.82) is 0 Å². The number of benzene rings is 1. The zero-order valence-corrected chi connectivity index (χ0v) is 9.66. The first-order chi connectivity index (χ1) is 7.85. The molecule has 0 saturated heterocycles. The lowest BCUT2D eigenvalue weighted by molar-refractivity contribution is 0.112. The van der Waals surface area contributed by atoms with Crippen molar-refractivity contribution in [2.75, 3.05) is 6.61 Å². The molecule has 0 fully saturated rings. The predicted octanol–water partition coefficient (Wildman–Crippen LogP) is 3.02. The molecule has 0 amide bonds. The molecule has 16 heavy (non-hydrogen) atoms. The summed E-state index contributed by atoms with van der Waals surface area (Å²) in [6.45, 7) is 2.38. The Kier molecular flexibility index (Phi) is 3.31. The van der Waals surface area contributed by atoms with Gasteiger partial charge >= 0.3 is 0 Å². The standard InChI is InChI=1S/C12H11NO2S/c1-2-15-11-10(8-14)16-12(13-11)9-6-4-3-5-7-9/h3-8H,2H2,1H3. The topological polar surface area (TPSA) is 39.2 Å². The molecule has 0 saturated carbocycles. The molecular weight excluding hydrogens is 222 g/mol. The van der Waals surface area contributed by atoms with Gasteiger partial charge in [0.1, 0.15) is 9.88 Å². The van der Waals surface area contributed by atoms with Crippen LogP contribution >= 0.6 is 11.3 Å². The van der Waals surface area contributed by atoms with Crippen molar-refractivity contribution in [3.63, 3.8) is 0 Å². The van der Waals surface area contributed by atoms with Crippen LogP contribution in [0.1, 0.15) is 16.6 Å². The number of nitrogens with zero attached hydrogens (tertiary/aromatic N) is 1. The molecule has 0 bridgehead atoms. The van der Waals surface area contributed by atoms with Gasteiger partial charge in [0.2, 0.25) is 5.88 Å². The molecule has 4 heteroatoms. The summed E-state index contributed by atoms with van der Waals surface area (Å²) in [5.41, 5.74) is 1.00. The highest BCUT2D eigenvalue weighted by Gasteiger charge is 2.12. The molecule has 1 aromatic carbocycles. The normalized spacial score (nSPS) is 10.1. The first-order valence-corrected chi connectivity index (χ1v) is 5.81. The molecular formula is C12H11NO2S. The van der Waals surface area contributed by atoms with Crippen LogP contribution < -0.4 is 4.74 Å². The van der Waals surface area contributed by atoms with Crippen molar-refractivity contribution in [2.24, 2.45) is 0 Å². The van der Waals surface area contributed by atoms with Gasteiger partial charge in [-0.25, -0.2) is 4.98 Å². The van der Waals surface area contributed by atoms with Gasteiger partial charge in [-0.1, -0.05) is 30.3 Å². The summed E-state index contributed by atoms with van der Waals surface area (Å²) in [4.78, 5) is 15.7. The van der Waals surface area contributed by atoms with Crippen LogP contribution in [-0.4, -0.2) is 17.9 Å². The summed E-state index contributed by atoms with van der Waals surface area (Å²) in [7, 11) is 0. The van der Waals surface area contributed by atoms with Gasteiger partial charge in [0.25, 0.3) is 0 Å². The lowest BCUT2D eigenvalue weighted by atomic mass is 10.2. The number of hydrogen-bond acceptors (Lipinski definition) is 4. The van der Waals surface area contributed by atoms with E-state index >= 15 is 0 Å². The zero-order valence-electron chi connectivity index (χ0n) is 8.84. The van der Waals surface area contributed by atoms with Crippen LogP contribution in [0.4, 0.5) is 0 Å². The van der Waals surface area contributed by atoms with Crippen molar-refractivity contribution in [1.82, 2.24) is 4.98 Å². The maximum Gasteiger partial charge on any atom is 0.235 e. The average molecular weight is 233 g/mol. The molecule has 3 nitrogen and oxygen atoms in total. The molecule has 0 N–H and O–H groups in total. The van der Waals surface area contributed by atoms with Crippen LogP contribution in [0.25, 0.3) is 10.6 Å². The summed E-state index contributed by atoms with van der Waals surface area (Å²) in [5.74, 6) is 0.432. The second-order valence-corrected chi connectivity index (χ2v) is 4.14. The highest BCUT2D eigenvalue weighted by Crippen LogP contribution is 2.31. The summed E-state index contributed by atoms with van der Waals surface area (Å²) in [6, 6.07) is 9.75. The SMILES string of the molecule is CCOc1nc(-c2ccccc2)sc1C=O. The Labute approximate surface area is 97.7 Å². The lowest BCUT2D eigenvalue weighted by Gasteiger charge is -1.96. The van der Waals surface area contributed by atoms with Crippen LogP contribution in [0.3, 0.4) is 0 Å². The summed E-state index contributed by atoms with van der Waals surface area (Å²) < 4.78 is 5.30. The third-order valence-electron chi connectivity index (χ3n) is 2.03. The van der Waals surface area contributed by atoms with E-state index < -0.39 is 0 Å². The van der Waals surface area contributed by atoms with Crippen LogP contribution in [-0.2, 0) is 0 Å². The maximum absolute atomic E-state index is 10.8. The van der Waals surface area contributed by atoms with Crippen LogP contribution in [0.2, 0.25) is 0 Å². The maximum atomic E-state index is 10.8. The van der Waals surface area contributed by atoms with Gasteiger partial charge in [0.05, 0.1) is 6.61 Å². The molecule has 2 rings (SSSR count). The first-order valence-electron chi connectivity index (χ1n) is 4.99. The van der Waals surface area contributed by atoms with Crippen LogP contribution in [0.15, 0.2) is 30.3 Å². The van der Waals surface area contributed by atoms with Gasteiger partial charge in [-0.15, -0.1) is 11.3 Å². The Bertz CT molecular complexity index is 479. The fraction of sp³-hybridized carbons (Fsp3) is 0.167. The Morgan fingerprint density at radius 3 is 2.75 bits per heavy atom. The fourth-order valence-corrected chi connectivity index (χ4v) is 2.17. The largest absolute Gasteiger partial charge is 0.477 e. The van der Waals surface area contributed by atoms with E-state index in [4.69, 9.17) is 4.74 Å². The molecule has 82 valence electrons. The van der Waals surface area contributed by atoms with Gasteiger partial charge in [-0.3, -0.25) is 4.79 Å². The van der Waals surface area contributed by atoms with Gasteiger partial charge in [-0.2, -0.15) is 0 Å². The molecule has 1 aromatic heterocycles. The van der Waals surface area contributed by atoms with Crippen molar-refractivity contribution in [3.8, 4) is 16.5 Å². The van der Waals surface area contributed by atoms with Crippen molar-refractivity contribution >= 4 is 17.6 Å². The Balaban J connectivity index is 2.40. The molecule has 0 atom stereocenters. The molecule has 1 heterocycles. The summed E-state index contributed by atoms with van der Waals surface area (Å²) in [6.07, 6.45) is 0.787. The average Bonchev–Trinajstić information content (AvgIpc) is 2.74. The third kappa shape index (κ3) is 2.12. The zero-order chi connectivity index (χ0) is 11.4. The van der Waals surface area contributed by atoms with E-state index in [2.05, 4.69) is 4.98 Å². The fourth-order valence-electron chi connectivity index (χ4n) is 1.34. The van der Waals surface area contributed by atoms with E-state index in [1.54, 1.807) is 0 Å². The lowest BCUT2D eigenvalue weighted by Crippen LogP contribution is -1.93. The van der Waals surface area contributed by atoms with Crippen molar-refractivity contribution in [2.45, 2.75) is 6.92 Å². The van der Waals surface area contributed by atoms with E-state index in [9.17, 15) is 4.79 Å². The third-order valence-corrected chi connectivity index (χ3v) is 3.04. The van der Waals surface area contributed by atoms with Crippen molar-refractivity contribution < 1.29 is 9.53 Å². The van der Waals surface area contributed by atoms with E-state index in [1.807, 2.05) is 37.3 Å². The number of carbonyl (C=O) groups is 1. The molecule has 2 aromatic rings. The number of aromatic nitrogens is 1. The summed E-state index contributed by atoms with van der Waals surface area (Å²) in [5, 5.41) is 0.811. The molecule has 0 aliphatic rings. The Morgan fingerprint density at radius 1 is 1.38 bits per heavy atom. The van der Waals surface area contributed by atoms with Gasteiger partial charge in [-0.05, 0) is 6.92 Å². The van der Waals surface area contributed by atoms with E-state index in [1.165, 1.54) is 11.3 Å². The minimum atomic E-state index is 0.432. The molecule has 0 aliphatic carbocycles. The van der Waals surface area contributed by atoms with Gasteiger partial charge in [0, 0.05) is 5.56 Å². The number of rotatable bonds is 4. The first kappa shape index (κ1) is 10.8. The van der Waals surface area contributed by atoms with Gasteiger partial charge in [0.15, 0.2) is 6.29 Å². The minimum absolute atomic E-state index is 0.432. The second kappa shape index (κ2) is 4.90. The molecule has 0 aliphatic heterocycles. The monoisotopic (exact) mass is 233 g/mol. The number of thiazole rings is 1. The van der Waals surface area contributed by atoms with E-state index in [0.29, 0.717) is 17.4 Å². The minimum Gasteiger partial charge on any atom is -0.477 e. The van der Waals surface area contributed by atoms with Gasteiger partial charge < -0.3 is 4.74 Å². The Hall–Kier alpha value is -1.68. The van der Waals surface area contributed by atoms with E-state index in [0.717, 1.165) is 16.9 Å². The van der Waals surface area contributed by atoms with Crippen molar-refractivity contribution in [3.05, 3.63) is 35.2 Å². The number of hydrogen-bond donors (Lipinski definition) is 0. The summed E-state index contributed by atoms with van der Waals surface area (Å²) >= 11 is 1.35. The quantitative estimate of drug-likeness (QED) is 0.762. The molecule has 0 spiro atoms. The predicted molar refractivity (Wildman–Crippen MR) is 64.1 cm³/mol. The second-order valence-electron chi connectivity index (χ2n) is 3.11.